The number of ether oxygens (including phenoxy) is 1. The van der Waals surface area contributed by atoms with Gasteiger partial charge in [-0.05, 0) is 39.3 Å². The Labute approximate surface area is 110 Å². The van der Waals surface area contributed by atoms with Crippen LogP contribution in [0.5, 0.6) is 0 Å². The molecule has 0 fully saturated rings. The number of thiophene rings is 1. The molecule has 1 heterocycles. The van der Waals surface area contributed by atoms with Crippen LogP contribution < -0.4 is 10.5 Å². The molecule has 0 aliphatic carbocycles. The minimum absolute atomic E-state index is 0.0357. The van der Waals surface area contributed by atoms with Crippen molar-refractivity contribution in [2.45, 2.75) is 37.5 Å². The van der Waals surface area contributed by atoms with E-state index >= 15 is 0 Å². The molecule has 0 aliphatic rings. The van der Waals surface area contributed by atoms with Crippen molar-refractivity contribution < 1.29 is 17.9 Å². The van der Waals surface area contributed by atoms with Crippen molar-refractivity contribution in [3.8, 4) is 0 Å². The lowest BCUT2D eigenvalue weighted by atomic mass is 10.2. The maximum Gasteiger partial charge on any atom is 0.412 e. The number of aryl methyl sites for hydroxylation is 1. The van der Waals surface area contributed by atoms with E-state index in [9.17, 15) is 13.2 Å². The number of hydrogen-bond acceptors (Lipinski definition) is 5. The summed E-state index contributed by atoms with van der Waals surface area (Å²) in [4.78, 5) is 11.5. The predicted octanol–water partition coefficient (Wildman–Crippen LogP) is 2.05. The summed E-state index contributed by atoms with van der Waals surface area (Å²) in [6, 6.07) is 1.54. The van der Waals surface area contributed by atoms with E-state index in [4.69, 9.17) is 9.88 Å². The molecule has 102 valence electrons. The van der Waals surface area contributed by atoms with Gasteiger partial charge in [-0.25, -0.2) is 18.4 Å². The van der Waals surface area contributed by atoms with Gasteiger partial charge in [0.2, 0.25) is 10.0 Å². The van der Waals surface area contributed by atoms with Crippen LogP contribution in [0.3, 0.4) is 0 Å². The van der Waals surface area contributed by atoms with Crippen LogP contribution in [0, 0.1) is 6.92 Å². The molecule has 0 aromatic carbocycles. The summed E-state index contributed by atoms with van der Waals surface area (Å²) in [5, 5.41) is 7.89. The average molecular weight is 292 g/mol. The van der Waals surface area contributed by atoms with Crippen LogP contribution in [0.25, 0.3) is 0 Å². The van der Waals surface area contributed by atoms with Crippen LogP contribution in [0.1, 0.15) is 26.3 Å². The van der Waals surface area contributed by atoms with Crippen molar-refractivity contribution in [2.75, 3.05) is 5.32 Å². The molecule has 3 N–H and O–H groups in total. The van der Waals surface area contributed by atoms with E-state index in [-0.39, 0.29) is 4.21 Å². The van der Waals surface area contributed by atoms with Gasteiger partial charge in [-0.2, -0.15) is 0 Å². The van der Waals surface area contributed by atoms with Crippen molar-refractivity contribution in [3.05, 3.63) is 11.6 Å². The zero-order valence-electron chi connectivity index (χ0n) is 10.6. The van der Waals surface area contributed by atoms with Crippen LogP contribution in [0.15, 0.2) is 10.3 Å². The number of nitrogens with two attached hydrogens (primary N) is 1. The first-order valence-electron chi connectivity index (χ1n) is 5.12. The molecule has 18 heavy (non-hydrogen) atoms. The Balaban J connectivity index is 2.85. The third-order valence-corrected chi connectivity index (χ3v) is 4.49. The highest BCUT2D eigenvalue weighted by molar-refractivity contribution is 7.91. The fourth-order valence-corrected chi connectivity index (χ4v) is 3.25. The van der Waals surface area contributed by atoms with Gasteiger partial charge in [0, 0.05) is 0 Å². The summed E-state index contributed by atoms with van der Waals surface area (Å²) in [5.74, 6) is 0. The van der Waals surface area contributed by atoms with Crippen LogP contribution in [0.2, 0.25) is 0 Å². The standard InChI is InChI=1S/C10H16N2O4S2/c1-6-5-7(17-8(6)18(11,14)15)12-9(13)16-10(2,3)4/h5H,1-4H3,(H,12,13)(H2,11,14,15). The Bertz CT molecular complexity index is 555. The maximum absolute atomic E-state index is 11.5. The molecule has 0 bridgehead atoms. The quantitative estimate of drug-likeness (QED) is 0.871. The van der Waals surface area contributed by atoms with Crippen LogP contribution in [-0.2, 0) is 14.8 Å². The van der Waals surface area contributed by atoms with Gasteiger partial charge in [0.05, 0.1) is 5.00 Å². The van der Waals surface area contributed by atoms with E-state index in [0.717, 1.165) is 11.3 Å². The number of hydrogen-bond donors (Lipinski definition) is 2. The van der Waals surface area contributed by atoms with Crippen molar-refractivity contribution in [3.63, 3.8) is 0 Å². The summed E-state index contributed by atoms with van der Waals surface area (Å²) in [6.07, 6.45) is -0.635. The van der Waals surface area contributed by atoms with Gasteiger partial charge in [0.15, 0.2) is 0 Å². The molecule has 1 rings (SSSR count). The molecule has 1 aromatic rings. The Morgan fingerprint density at radius 2 is 2.00 bits per heavy atom. The lowest BCUT2D eigenvalue weighted by molar-refractivity contribution is 0.0636. The highest BCUT2D eigenvalue weighted by Crippen LogP contribution is 2.29. The van der Waals surface area contributed by atoms with E-state index in [1.165, 1.54) is 6.07 Å². The number of anilines is 1. The first kappa shape index (κ1) is 14.9. The van der Waals surface area contributed by atoms with E-state index in [2.05, 4.69) is 5.32 Å². The number of carbonyl (C=O) groups excluding carboxylic acids is 1. The highest BCUT2D eigenvalue weighted by Gasteiger charge is 2.20. The largest absolute Gasteiger partial charge is 0.444 e. The first-order valence-corrected chi connectivity index (χ1v) is 7.48. The average Bonchev–Trinajstić information content (AvgIpc) is 2.41. The fourth-order valence-electron chi connectivity index (χ4n) is 1.21. The maximum atomic E-state index is 11.5. The number of nitrogens with one attached hydrogen (secondary N) is 1. The molecule has 0 radical (unpaired) electrons. The normalized spacial score (nSPS) is 12.3. The van der Waals surface area contributed by atoms with Crippen molar-refractivity contribution in [1.82, 2.24) is 0 Å². The Morgan fingerprint density at radius 3 is 2.39 bits per heavy atom. The van der Waals surface area contributed by atoms with Gasteiger partial charge in [-0.1, -0.05) is 0 Å². The molecule has 1 aromatic heterocycles. The van der Waals surface area contributed by atoms with E-state index in [1.54, 1.807) is 27.7 Å². The molecule has 0 atom stereocenters. The van der Waals surface area contributed by atoms with Crippen molar-refractivity contribution in [1.29, 1.82) is 0 Å². The van der Waals surface area contributed by atoms with Crippen molar-refractivity contribution in [2.24, 2.45) is 5.14 Å². The molecule has 6 nitrogen and oxygen atoms in total. The van der Waals surface area contributed by atoms with Gasteiger partial charge in [-0.3, -0.25) is 5.32 Å². The molecular formula is C10H16N2O4S2. The van der Waals surface area contributed by atoms with Gasteiger partial charge in [0.1, 0.15) is 9.81 Å². The highest BCUT2D eigenvalue weighted by atomic mass is 32.2. The zero-order chi connectivity index (χ0) is 14.1. The number of amides is 1. The first-order chi connectivity index (χ1) is 7.99. The SMILES string of the molecule is Cc1cc(NC(=O)OC(C)(C)C)sc1S(N)(=O)=O. The summed E-state index contributed by atoms with van der Waals surface area (Å²) < 4.78 is 27.5. The molecule has 0 saturated carbocycles. The third-order valence-electron chi connectivity index (χ3n) is 1.75. The van der Waals surface area contributed by atoms with E-state index < -0.39 is 21.7 Å². The van der Waals surface area contributed by atoms with Gasteiger partial charge < -0.3 is 4.74 Å². The number of sulfonamides is 1. The van der Waals surface area contributed by atoms with Crippen LogP contribution in [-0.4, -0.2) is 20.1 Å². The zero-order valence-corrected chi connectivity index (χ0v) is 12.2. The topological polar surface area (TPSA) is 98.5 Å². The third kappa shape index (κ3) is 4.28. The summed E-state index contributed by atoms with van der Waals surface area (Å²) >= 11 is 0.896. The fraction of sp³-hybridized carbons (Fsp3) is 0.500. The van der Waals surface area contributed by atoms with E-state index in [0.29, 0.717) is 10.6 Å². The molecule has 0 spiro atoms. The predicted molar refractivity (Wildman–Crippen MR) is 70.3 cm³/mol. The Kier molecular flexibility index (Phi) is 4.04. The molecule has 1 amide bonds. The summed E-state index contributed by atoms with van der Waals surface area (Å²) in [6.45, 7) is 6.82. The molecule has 0 aliphatic heterocycles. The van der Waals surface area contributed by atoms with E-state index in [1.807, 2.05) is 0 Å². The second-order valence-electron chi connectivity index (χ2n) is 4.75. The number of carbonyl (C=O) groups is 1. The van der Waals surface area contributed by atoms with Crippen LogP contribution in [0.4, 0.5) is 9.80 Å². The summed E-state index contributed by atoms with van der Waals surface area (Å²) in [7, 11) is -3.76. The molecule has 0 saturated heterocycles. The molecule has 8 heteroatoms. The van der Waals surface area contributed by atoms with Crippen LogP contribution >= 0.6 is 11.3 Å². The Hall–Kier alpha value is -1.12. The van der Waals surface area contributed by atoms with Gasteiger partial charge >= 0.3 is 6.09 Å². The number of primary sulfonamides is 1. The minimum atomic E-state index is -3.76. The van der Waals surface area contributed by atoms with Gasteiger partial charge in [-0.15, -0.1) is 11.3 Å². The lowest BCUT2D eigenvalue weighted by Crippen LogP contribution is -2.26. The second kappa shape index (κ2) is 4.87. The Morgan fingerprint density at radius 1 is 1.44 bits per heavy atom. The lowest BCUT2D eigenvalue weighted by Gasteiger charge is -2.19. The number of rotatable bonds is 2. The van der Waals surface area contributed by atoms with Crippen molar-refractivity contribution >= 4 is 32.5 Å². The second-order valence-corrected chi connectivity index (χ2v) is 7.56. The molecular weight excluding hydrogens is 276 g/mol. The smallest absolute Gasteiger partial charge is 0.412 e. The monoisotopic (exact) mass is 292 g/mol. The molecule has 0 unspecified atom stereocenters. The van der Waals surface area contributed by atoms with Gasteiger partial charge in [0.25, 0.3) is 0 Å². The minimum Gasteiger partial charge on any atom is -0.444 e. The summed E-state index contributed by atoms with van der Waals surface area (Å²) in [5.41, 5.74) is -0.118.